The smallest absolute Gasteiger partial charge is 0.290 e. The van der Waals surface area contributed by atoms with Gasteiger partial charge >= 0.3 is 0 Å². The summed E-state index contributed by atoms with van der Waals surface area (Å²) in [5.41, 5.74) is 7.76. The Morgan fingerprint density at radius 2 is 1.79 bits per heavy atom. The average molecular weight is 528 g/mol. The van der Waals surface area contributed by atoms with Gasteiger partial charge in [-0.2, -0.15) is 10.2 Å². The number of nitrogen functional groups attached to an aromatic ring is 1. The largest absolute Gasteiger partial charge is 0.457 e. The molecular formula is C29H33N7O3. The molecule has 10 nitrogen and oxygen atoms in total. The first-order valence-corrected chi connectivity index (χ1v) is 13.1. The number of aromatic amines is 1. The minimum absolute atomic E-state index is 0.00210. The molecule has 10 heteroatoms. The van der Waals surface area contributed by atoms with Gasteiger partial charge < -0.3 is 20.7 Å². The predicted molar refractivity (Wildman–Crippen MR) is 152 cm³/mol. The Balaban J connectivity index is 1.36. The zero-order valence-corrected chi connectivity index (χ0v) is 22.1. The fourth-order valence-corrected chi connectivity index (χ4v) is 4.97. The number of rotatable bonds is 8. The van der Waals surface area contributed by atoms with Crippen LogP contribution >= 0.6 is 0 Å². The molecule has 5 rings (SSSR count). The van der Waals surface area contributed by atoms with Crippen LogP contribution in [-0.2, 0) is 4.79 Å². The van der Waals surface area contributed by atoms with Gasteiger partial charge in [0, 0.05) is 24.2 Å². The minimum atomic E-state index is -0.330. The highest BCUT2D eigenvalue weighted by atomic mass is 16.5. The monoisotopic (exact) mass is 527 g/mol. The summed E-state index contributed by atoms with van der Waals surface area (Å²) in [4.78, 5) is 27.2. The van der Waals surface area contributed by atoms with Crippen molar-refractivity contribution < 1.29 is 9.53 Å². The van der Waals surface area contributed by atoms with E-state index < -0.39 is 0 Å². The van der Waals surface area contributed by atoms with Crippen molar-refractivity contribution >= 4 is 22.6 Å². The Hall–Kier alpha value is -4.44. The maximum atomic E-state index is 12.9. The van der Waals surface area contributed by atoms with Crippen LogP contribution in [0, 0.1) is 0 Å². The van der Waals surface area contributed by atoms with Crippen LogP contribution in [0.5, 0.6) is 11.5 Å². The molecule has 1 amide bonds. The third-order valence-electron chi connectivity index (χ3n) is 6.89. The molecule has 0 bridgehead atoms. The number of hydrogen-bond donors (Lipinski definition) is 3. The number of nitrogens with two attached hydrogens (primary N) is 1. The van der Waals surface area contributed by atoms with Gasteiger partial charge in [0.15, 0.2) is 5.82 Å². The zero-order valence-electron chi connectivity index (χ0n) is 22.1. The molecule has 2 aromatic heterocycles. The minimum Gasteiger partial charge on any atom is -0.457 e. The number of anilines is 1. The summed E-state index contributed by atoms with van der Waals surface area (Å²) in [5.74, 6) is 1.58. The van der Waals surface area contributed by atoms with E-state index in [4.69, 9.17) is 15.6 Å². The van der Waals surface area contributed by atoms with Crippen molar-refractivity contribution in [1.29, 1.82) is 0 Å². The van der Waals surface area contributed by atoms with Crippen molar-refractivity contribution in [3.05, 3.63) is 77.1 Å². The lowest BCUT2D eigenvalue weighted by Gasteiger charge is -2.29. The van der Waals surface area contributed by atoms with Gasteiger partial charge in [0.2, 0.25) is 5.91 Å². The van der Waals surface area contributed by atoms with Gasteiger partial charge in [-0.3, -0.25) is 14.3 Å². The number of hydrogen-bond acceptors (Lipinski definition) is 7. The highest BCUT2D eigenvalue weighted by Crippen LogP contribution is 2.36. The summed E-state index contributed by atoms with van der Waals surface area (Å²) in [7, 11) is 3.91. The lowest BCUT2D eigenvalue weighted by molar-refractivity contribution is -0.117. The molecule has 0 atom stereocenters. The van der Waals surface area contributed by atoms with Crippen molar-refractivity contribution in [3.63, 3.8) is 0 Å². The Morgan fingerprint density at radius 1 is 1.10 bits per heavy atom. The molecule has 39 heavy (non-hydrogen) atoms. The van der Waals surface area contributed by atoms with Gasteiger partial charge in [0.25, 0.3) is 5.56 Å². The van der Waals surface area contributed by atoms with Crippen LogP contribution in [0.15, 0.2) is 71.5 Å². The SMILES string of the molecule is CN(C)C/C=C/C(=O)N[C@H]1CC[C@@H](n2nc(-c3ccc(Oc4ccccc4)cc3)c3c(N)n[nH]c(=O)c32)CC1. The molecule has 0 saturated heterocycles. The predicted octanol–water partition coefficient (Wildman–Crippen LogP) is 3.88. The van der Waals surface area contributed by atoms with Crippen LogP contribution in [0.25, 0.3) is 22.2 Å². The molecule has 1 aliphatic rings. The van der Waals surface area contributed by atoms with Crippen LogP contribution in [0.2, 0.25) is 0 Å². The van der Waals surface area contributed by atoms with E-state index in [1.165, 1.54) is 0 Å². The number of carbonyl (C=O) groups is 1. The molecule has 2 heterocycles. The van der Waals surface area contributed by atoms with Gasteiger partial charge in [0.1, 0.15) is 22.7 Å². The standard InChI is InChI=1S/C29H33N7O3/c1-35(2)18-6-9-24(37)31-20-12-14-21(15-13-20)36-27-25(28(30)32-33-29(27)38)26(34-36)19-10-16-23(17-11-19)39-22-7-4-3-5-8-22/h3-11,16-17,20-21H,12-15,18H2,1-2H3,(H2,30,32)(H,31,37)(H,33,38)/b9-6+/t20-,21+. The van der Waals surface area contributed by atoms with E-state index in [1.54, 1.807) is 10.8 Å². The van der Waals surface area contributed by atoms with E-state index in [1.807, 2.05) is 79.7 Å². The molecule has 1 fully saturated rings. The van der Waals surface area contributed by atoms with Crippen molar-refractivity contribution in [2.24, 2.45) is 0 Å². The first-order chi connectivity index (χ1) is 18.9. The molecule has 0 radical (unpaired) electrons. The number of nitrogens with one attached hydrogen (secondary N) is 2. The summed E-state index contributed by atoms with van der Waals surface area (Å²) < 4.78 is 7.71. The quantitative estimate of drug-likeness (QED) is 0.296. The Kier molecular flexibility index (Phi) is 7.74. The summed E-state index contributed by atoms with van der Waals surface area (Å²) in [6.45, 7) is 0.712. The third-order valence-corrected chi connectivity index (χ3v) is 6.89. The number of amides is 1. The van der Waals surface area contributed by atoms with E-state index in [9.17, 15) is 9.59 Å². The number of likely N-dealkylation sites (N-methyl/N-ethyl adjacent to an activating group) is 1. The van der Waals surface area contributed by atoms with Crippen molar-refractivity contribution in [2.45, 2.75) is 37.8 Å². The second-order valence-corrected chi connectivity index (χ2v) is 10.1. The first kappa shape index (κ1) is 26.2. The Morgan fingerprint density at radius 3 is 2.49 bits per heavy atom. The first-order valence-electron chi connectivity index (χ1n) is 13.1. The molecular weight excluding hydrogens is 494 g/mol. The zero-order chi connectivity index (χ0) is 27.4. The normalized spacial score (nSPS) is 17.6. The molecule has 0 unspecified atom stereocenters. The van der Waals surface area contributed by atoms with E-state index in [0.29, 0.717) is 28.9 Å². The third kappa shape index (κ3) is 6.01. The number of para-hydroxylation sites is 1. The number of aromatic nitrogens is 4. The molecule has 202 valence electrons. The van der Waals surface area contributed by atoms with E-state index in [2.05, 4.69) is 15.5 Å². The van der Waals surface area contributed by atoms with Crippen LogP contribution in [-0.4, -0.2) is 57.5 Å². The van der Waals surface area contributed by atoms with E-state index >= 15 is 0 Å². The number of nitrogens with zero attached hydrogens (tertiary/aromatic N) is 4. The molecule has 2 aromatic carbocycles. The van der Waals surface area contributed by atoms with Crippen molar-refractivity contribution in [3.8, 4) is 22.8 Å². The fraction of sp³-hybridized carbons (Fsp3) is 0.310. The van der Waals surface area contributed by atoms with Gasteiger partial charge in [-0.1, -0.05) is 24.3 Å². The Bertz CT molecular complexity index is 1520. The van der Waals surface area contributed by atoms with Gasteiger partial charge in [0.05, 0.1) is 11.4 Å². The molecule has 1 aliphatic carbocycles. The second kappa shape index (κ2) is 11.5. The van der Waals surface area contributed by atoms with Gasteiger partial charge in [-0.15, -0.1) is 0 Å². The van der Waals surface area contributed by atoms with E-state index in [0.717, 1.165) is 37.0 Å². The molecule has 0 spiro atoms. The number of H-pyrrole nitrogens is 1. The van der Waals surface area contributed by atoms with Crippen molar-refractivity contribution in [1.82, 2.24) is 30.2 Å². The Labute approximate surface area is 226 Å². The maximum Gasteiger partial charge on any atom is 0.290 e. The number of fused-ring (bicyclic) bond motifs is 1. The number of benzene rings is 2. The van der Waals surface area contributed by atoms with Gasteiger partial charge in [-0.25, -0.2) is 5.10 Å². The second-order valence-electron chi connectivity index (χ2n) is 10.1. The molecule has 0 aliphatic heterocycles. The molecule has 4 N–H and O–H groups in total. The summed E-state index contributed by atoms with van der Waals surface area (Å²) in [6.07, 6.45) is 6.56. The van der Waals surface area contributed by atoms with Crippen LogP contribution in [0.4, 0.5) is 5.82 Å². The fourth-order valence-electron chi connectivity index (χ4n) is 4.97. The van der Waals surface area contributed by atoms with Crippen LogP contribution in [0.1, 0.15) is 31.7 Å². The van der Waals surface area contributed by atoms with Crippen molar-refractivity contribution in [2.75, 3.05) is 26.4 Å². The lowest BCUT2D eigenvalue weighted by Crippen LogP contribution is -2.37. The number of ether oxygens (including phenoxy) is 1. The van der Waals surface area contributed by atoms with Gasteiger partial charge in [-0.05, 0) is 76.2 Å². The summed E-state index contributed by atoms with van der Waals surface area (Å²) in [6, 6.07) is 17.2. The van der Waals surface area contributed by atoms with E-state index in [-0.39, 0.29) is 29.4 Å². The molecule has 1 saturated carbocycles. The van der Waals surface area contributed by atoms with Crippen LogP contribution in [0.3, 0.4) is 0 Å². The molecule has 4 aromatic rings. The summed E-state index contributed by atoms with van der Waals surface area (Å²) >= 11 is 0. The lowest BCUT2D eigenvalue weighted by atomic mass is 9.91. The summed E-state index contributed by atoms with van der Waals surface area (Å²) in [5, 5.41) is 15.0. The maximum absolute atomic E-state index is 12.9. The highest BCUT2D eigenvalue weighted by Gasteiger charge is 2.28. The topological polar surface area (TPSA) is 131 Å². The number of carbonyl (C=O) groups excluding carboxylic acids is 1. The highest BCUT2D eigenvalue weighted by molar-refractivity contribution is 5.99. The van der Waals surface area contributed by atoms with Crippen LogP contribution < -0.4 is 21.3 Å². The average Bonchev–Trinajstić information content (AvgIpc) is 3.34.